The molecule has 2 aliphatic carbocycles. The summed E-state index contributed by atoms with van der Waals surface area (Å²) in [5, 5.41) is 16.4. The molecule has 0 radical (unpaired) electrons. The molecule has 2 aliphatic rings. The second kappa shape index (κ2) is 4.90. The summed E-state index contributed by atoms with van der Waals surface area (Å²) in [5.41, 5.74) is 0.662. The van der Waals surface area contributed by atoms with Crippen LogP contribution in [0, 0.1) is 5.41 Å². The lowest BCUT2D eigenvalue weighted by atomic mass is 9.68. The van der Waals surface area contributed by atoms with Crippen molar-refractivity contribution in [3.05, 3.63) is 35.6 Å². The van der Waals surface area contributed by atoms with E-state index in [0.29, 0.717) is 21.0 Å². The maximum Gasteiger partial charge on any atom is 0.254 e. The fraction of sp³-hybridized carbons (Fsp3) is 0.368. The van der Waals surface area contributed by atoms with Crippen molar-refractivity contribution in [3.63, 3.8) is 0 Å². The van der Waals surface area contributed by atoms with Crippen LogP contribution < -0.4 is 0 Å². The Hall–Kier alpha value is -2.52. The highest BCUT2D eigenvalue weighted by molar-refractivity contribution is 7.18. The number of hydrogen-bond donors (Lipinski definition) is 1. The van der Waals surface area contributed by atoms with Crippen molar-refractivity contribution >= 4 is 32.7 Å². The van der Waals surface area contributed by atoms with Crippen LogP contribution in [0.2, 0.25) is 0 Å². The van der Waals surface area contributed by atoms with Gasteiger partial charge in [-0.25, -0.2) is 23.7 Å². The fourth-order valence-corrected chi connectivity index (χ4v) is 5.36. The Morgan fingerprint density at radius 1 is 1.18 bits per heavy atom. The van der Waals surface area contributed by atoms with E-state index in [0.717, 1.165) is 16.6 Å². The third kappa shape index (κ3) is 2.14. The molecule has 0 atom stereocenters. The first-order chi connectivity index (χ1) is 13.3. The molecule has 0 aromatic carbocycles. The lowest BCUT2D eigenvalue weighted by Crippen LogP contribution is -2.45. The van der Waals surface area contributed by atoms with E-state index in [1.54, 1.807) is 10.9 Å². The van der Waals surface area contributed by atoms with Gasteiger partial charge in [-0.3, -0.25) is 4.68 Å². The number of halogens is 2. The number of rotatable bonds is 2. The van der Waals surface area contributed by atoms with Crippen LogP contribution in [0.5, 0.6) is 0 Å². The van der Waals surface area contributed by atoms with Gasteiger partial charge in [-0.1, -0.05) is 11.3 Å². The highest BCUT2D eigenvalue weighted by Gasteiger charge is 2.80. The molecular weight excluding hydrogens is 384 g/mol. The van der Waals surface area contributed by atoms with Gasteiger partial charge in [-0.05, 0) is 31.0 Å². The van der Waals surface area contributed by atoms with E-state index in [1.165, 1.54) is 11.3 Å². The number of hydrogen-bond acceptors (Lipinski definition) is 6. The molecule has 0 unspecified atom stereocenters. The largest absolute Gasteiger partial charge is 0.383 e. The maximum absolute atomic E-state index is 13.5. The molecule has 4 aromatic heterocycles. The second-order valence-corrected chi connectivity index (χ2v) is 9.00. The molecule has 4 heterocycles. The summed E-state index contributed by atoms with van der Waals surface area (Å²) in [5.74, 6) is -2.64. The van der Waals surface area contributed by atoms with Crippen LogP contribution in [0.15, 0.2) is 30.6 Å². The third-order valence-corrected chi connectivity index (χ3v) is 7.05. The molecule has 0 amide bonds. The minimum Gasteiger partial charge on any atom is -0.383 e. The number of pyridine rings is 2. The molecule has 0 aliphatic heterocycles. The Bertz CT molecular complexity index is 1270. The molecule has 9 heteroatoms. The molecule has 0 saturated heterocycles. The van der Waals surface area contributed by atoms with Crippen LogP contribution >= 0.6 is 11.3 Å². The van der Waals surface area contributed by atoms with Crippen LogP contribution in [0.1, 0.15) is 24.3 Å². The first-order valence-corrected chi connectivity index (χ1v) is 9.77. The molecular formula is C19H15F2N5OS. The van der Waals surface area contributed by atoms with Gasteiger partial charge in [-0.15, -0.1) is 0 Å². The number of fused-ring (bicyclic) bond motifs is 2. The van der Waals surface area contributed by atoms with Gasteiger partial charge in [0.25, 0.3) is 5.92 Å². The van der Waals surface area contributed by atoms with E-state index in [9.17, 15) is 13.9 Å². The monoisotopic (exact) mass is 399 g/mol. The van der Waals surface area contributed by atoms with Crippen molar-refractivity contribution in [3.8, 4) is 11.3 Å². The number of nitrogens with zero attached hydrogens (tertiary/aromatic N) is 5. The van der Waals surface area contributed by atoms with Gasteiger partial charge < -0.3 is 5.11 Å². The smallest absolute Gasteiger partial charge is 0.254 e. The van der Waals surface area contributed by atoms with Gasteiger partial charge in [0, 0.05) is 42.2 Å². The zero-order valence-electron chi connectivity index (χ0n) is 14.9. The summed E-state index contributed by atoms with van der Waals surface area (Å²) in [4.78, 5) is 14.2. The Balaban J connectivity index is 1.35. The molecule has 2 fully saturated rings. The van der Waals surface area contributed by atoms with Gasteiger partial charge in [-0.2, -0.15) is 5.10 Å². The predicted molar refractivity (Wildman–Crippen MR) is 100 cm³/mol. The molecule has 28 heavy (non-hydrogen) atoms. The van der Waals surface area contributed by atoms with Crippen LogP contribution in [0.4, 0.5) is 8.78 Å². The zero-order chi connectivity index (χ0) is 19.3. The summed E-state index contributed by atoms with van der Waals surface area (Å²) in [6.07, 6.45) is 3.64. The molecule has 6 rings (SSSR count). The highest BCUT2D eigenvalue weighted by Crippen LogP contribution is 2.76. The standard InChI is InChI=1S/C19H15F2N5OS/c1-26-6-11-4-10(5-22-14(11)25-26)12-2-3-13-15(23-12)28-16(24-13)18(27)7-17(8-18)9-19(17,20)21/h2-6,27H,7-9H2,1H3. The van der Waals surface area contributed by atoms with Gasteiger partial charge >= 0.3 is 0 Å². The highest BCUT2D eigenvalue weighted by atomic mass is 32.1. The van der Waals surface area contributed by atoms with Crippen LogP contribution in [0.3, 0.4) is 0 Å². The summed E-state index contributed by atoms with van der Waals surface area (Å²) < 4.78 is 28.7. The predicted octanol–water partition coefficient (Wildman–Crippen LogP) is 3.65. The number of aryl methyl sites for hydroxylation is 1. The van der Waals surface area contributed by atoms with E-state index in [2.05, 4.69) is 20.1 Å². The third-order valence-electron chi connectivity index (χ3n) is 5.90. The normalized spacial score (nSPS) is 28.1. The number of aromatic nitrogens is 5. The Kier molecular flexibility index (Phi) is 2.88. The Morgan fingerprint density at radius 3 is 2.71 bits per heavy atom. The van der Waals surface area contributed by atoms with Crippen LogP contribution in [0.25, 0.3) is 32.6 Å². The molecule has 4 aromatic rings. The molecule has 6 nitrogen and oxygen atoms in total. The van der Waals surface area contributed by atoms with Crippen LogP contribution in [-0.2, 0) is 12.6 Å². The average molecular weight is 399 g/mol. The second-order valence-electron chi connectivity index (χ2n) is 8.03. The Labute approximate surface area is 161 Å². The first kappa shape index (κ1) is 16.4. The number of thiazole rings is 1. The minimum atomic E-state index is -2.64. The molecule has 2 saturated carbocycles. The number of aliphatic hydroxyl groups is 1. The fourth-order valence-electron chi connectivity index (χ4n) is 4.33. The van der Waals surface area contributed by atoms with E-state index in [-0.39, 0.29) is 19.3 Å². The van der Waals surface area contributed by atoms with E-state index < -0.39 is 16.9 Å². The molecule has 142 valence electrons. The molecule has 0 bridgehead atoms. The lowest BCUT2D eigenvalue weighted by Gasteiger charge is -2.42. The summed E-state index contributed by atoms with van der Waals surface area (Å²) >= 11 is 1.27. The van der Waals surface area contributed by atoms with Crippen molar-refractivity contribution in [2.45, 2.75) is 30.8 Å². The van der Waals surface area contributed by atoms with Crippen molar-refractivity contribution in [2.24, 2.45) is 12.5 Å². The van der Waals surface area contributed by atoms with Gasteiger partial charge in [0.15, 0.2) is 5.65 Å². The van der Waals surface area contributed by atoms with Crippen molar-refractivity contribution in [1.29, 1.82) is 0 Å². The Morgan fingerprint density at radius 2 is 1.96 bits per heavy atom. The van der Waals surface area contributed by atoms with Gasteiger partial charge in [0.2, 0.25) is 0 Å². The van der Waals surface area contributed by atoms with Crippen LogP contribution in [-0.4, -0.2) is 35.8 Å². The van der Waals surface area contributed by atoms with Gasteiger partial charge in [0.1, 0.15) is 21.0 Å². The SMILES string of the molecule is Cn1cc2cc(-c3ccc4nc(C5(O)CC6(C5)CC6(F)F)sc4n3)cnc2n1. The van der Waals surface area contributed by atoms with E-state index in [4.69, 9.17) is 0 Å². The van der Waals surface area contributed by atoms with Crippen molar-refractivity contribution < 1.29 is 13.9 Å². The zero-order valence-corrected chi connectivity index (χ0v) is 15.7. The van der Waals surface area contributed by atoms with Crippen molar-refractivity contribution in [2.75, 3.05) is 0 Å². The number of alkyl halides is 2. The quantitative estimate of drug-likeness (QED) is 0.557. The van der Waals surface area contributed by atoms with E-state index in [1.807, 2.05) is 31.4 Å². The molecule has 1 spiro atoms. The minimum absolute atomic E-state index is 0.0707. The first-order valence-electron chi connectivity index (χ1n) is 8.95. The van der Waals surface area contributed by atoms with Crippen molar-refractivity contribution in [1.82, 2.24) is 24.7 Å². The lowest BCUT2D eigenvalue weighted by molar-refractivity contribution is -0.129. The topological polar surface area (TPSA) is 76.7 Å². The van der Waals surface area contributed by atoms with Gasteiger partial charge in [0.05, 0.1) is 5.69 Å². The maximum atomic E-state index is 13.5. The summed E-state index contributed by atoms with van der Waals surface area (Å²) in [7, 11) is 1.84. The summed E-state index contributed by atoms with van der Waals surface area (Å²) in [6.45, 7) is 0. The summed E-state index contributed by atoms with van der Waals surface area (Å²) in [6, 6.07) is 5.67. The van der Waals surface area contributed by atoms with E-state index >= 15 is 0 Å². The molecule has 1 N–H and O–H groups in total. The average Bonchev–Trinajstić information content (AvgIpc) is 2.96.